The average Bonchev–Trinajstić information content (AvgIpc) is 2.97. The Morgan fingerprint density at radius 3 is 2.47 bits per heavy atom. The molecular formula is C11H14F2N2. The lowest BCUT2D eigenvalue weighted by Crippen LogP contribution is -2.30. The van der Waals surface area contributed by atoms with Gasteiger partial charge in [-0.2, -0.15) is 0 Å². The normalized spacial score (nSPS) is 20.0. The molecule has 0 bridgehead atoms. The molecule has 1 aliphatic carbocycles. The van der Waals surface area contributed by atoms with E-state index in [2.05, 4.69) is 0 Å². The minimum Gasteiger partial charge on any atom is -0.330 e. The highest BCUT2D eigenvalue weighted by Gasteiger charge is 2.47. The van der Waals surface area contributed by atoms with Crippen LogP contribution in [-0.2, 0) is 0 Å². The van der Waals surface area contributed by atoms with E-state index in [1.165, 1.54) is 12.1 Å². The zero-order valence-corrected chi connectivity index (χ0v) is 8.34. The van der Waals surface area contributed by atoms with Gasteiger partial charge in [-0.25, -0.2) is 8.78 Å². The van der Waals surface area contributed by atoms with Gasteiger partial charge < -0.3 is 11.5 Å². The quantitative estimate of drug-likeness (QED) is 0.801. The van der Waals surface area contributed by atoms with Crippen molar-refractivity contribution in [2.75, 3.05) is 6.54 Å². The molecule has 1 atom stereocenters. The molecular weight excluding hydrogens is 198 g/mol. The number of rotatable bonds is 3. The summed E-state index contributed by atoms with van der Waals surface area (Å²) >= 11 is 0. The lowest BCUT2D eigenvalue weighted by Gasteiger charge is -2.22. The molecule has 4 heteroatoms. The van der Waals surface area contributed by atoms with E-state index >= 15 is 0 Å². The Kier molecular flexibility index (Phi) is 2.48. The summed E-state index contributed by atoms with van der Waals surface area (Å²) in [6, 6.07) is 3.07. The summed E-state index contributed by atoms with van der Waals surface area (Å²) in [5, 5.41) is 0. The summed E-state index contributed by atoms with van der Waals surface area (Å²) in [7, 11) is 0. The van der Waals surface area contributed by atoms with Gasteiger partial charge in [0.2, 0.25) is 0 Å². The monoisotopic (exact) mass is 212 g/mol. The minimum absolute atomic E-state index is 0.168. The fourth-order valence-electron chi connectivity index (χ4n) is 1.89. The predicted octanol–water partition coefficient (Wildman–Crippen LogP) is 1.70. The molecule has 0 aliphatic heterocycles. The fraction of sp³-hybridized carbons (Fsp3) is 0.455. The predicted molar refractivity (Wildman–Crippen MR) is 54.0 cm³/mol. The Balaban J connectivity index is 2.29. The van der Waals surface area contributed by atoms with E-state index < -0.39 is 17.7 Å². The van der Waals surface area contributed by atoms with Crippen molar-refractivity contribution in [1.82, 2.24) is 0 Å². The van der Waals surface area contributed by atoms with Gasteiger partial charge >= 0.3 is 0 Å². The first-order valence-corrected chi connectivity index (χ1v) is 5.00. The average molecular weight is 212 g/mol. The minimum atomic E-state index is -0.582. The van der Waals surface area contributed by atoms with Crippen molar-refractivity contribution >= 4 is 0 Å². The van der Waals surface area contributed by atoms with Gasteiger partial charge in [0, 0.05) is 23.1 Å². The number of halogens is 2. The first kappa shape index (κ1) is 10.5. The summed E-state index contributed by atoms with van der Waals surface area (Å²) < 4.78 is 26.1. The maximum atomic E-state index is 13.4. The number of benzene rings is 1. The van der Waals surface area contributed by atoms with Gasteiger partial charge in [-0.3, -0.25) is 0 Å². The third-order valence-corrected chi connectivity index (χ3v) is 3.26. The molecule has 82 valence electrons. The Morgan fingerprint density at radius 2 is 2.00 bits per heavy atom. The van der Waals surface area contributed by atoms with E-state index in [9.17, 15) is 8.78 Å². The zero-order valence-electron chi connectivity index (χ0n) is 8.34. The second-order valence-corrected chi connectivity index (χ2v) is 4.21. The van der Waals surface area contributed by atoms with Gasteiger partial charge in [0.05, 0.1) is 0 Å². The van der Waals surface area contributed by atoms with Crippen molar-refractivity contribution in [3.05, 3.63) is 35.4 Å². The van der Waals surface area contributed by atoms with E-state index in [4.69, 9.17) is 11.5 Å². The van der Waals surface area contributed by atoms with Gasteiger partial charge in [-0.1, -0.05) is 6.07 Å². The summed E-state index contributed by atoms with van der Waals surface area (Å²) in [5.41, 5.74) is 11.8. The second kappa shape index (κ2) is 3.54. The summed E-state index contributed by atoms with van der Waals surface area (Å²) in [5.74, 6) is -1.16. The lowest BCUT2D eigenvalue weighted by molar-refractivity contribution is 0.404. The maximum Gasteiger partial charge on any atom is 0.130 e. The Bertz CT molecular complexity index is 375. The van der Waals surface area contributed by atoms with Crippen molar-refractivity contribution in [2.24, 2.45) is 16.9 Å². The van der Waals surface area contributed by atoms with Gasteiger partial charge in [-0.15, -0.1) is 0 Å². The highest BCUT2D eigenvalue weighted by atomic mass is 19.1. The van der Waals surface area contributed by atoms with E-state index in [1.807, 2.05) is 0 Å². The molecule has 1 aromatic rings. The van der Waals surface area contributed by atoms with Crippen LogP contribution >= 0.6 is 0 Å². The van der Waals surface area contributed by atoms with Crippen LogP contribution in [0.4, 0.5) is 8.78 Å². The molecule has 15 heavy (non-hydrogen) atoms. The van der Waals surface area contributed by atoms with E-state index in [1.54, 1.807) is 0 Å². The van der Waals surface area contributed by atoms with E-state index in [0.717, 1.165) is 18.9 Å². The number of hydrogen-bond donors (Lipinski definition) is 2. The van der Waals surface area contributed by atoms with Crippen LogP contribution in [-0.4, -0.2) is 6.54 Å². The molecule has 2 nitrogen and oxygen atoms in total. The van der Waals surface area contributed by atoms with Gasteiger partial charge in [-0.05, 0) is 25.5 Å². The third-order valence-electron chi connectivity index (χ3n) is 3.26. The van der Waals surface area contributed by atoms with Crippen LogP contribution in [0.25, 0.3) is 0 Å². The van der Waals surface area contributed by atoms with Crippen LogP contribution in [0.5, 0.6) is 0 Å². The molecule has 0 amide bonds. The van der Waals surface area contributed by atoms with Crippen molar-refractivity contribution < 1.29 is 8.78 Å². The van der Waals surface area contributed by atoms with Crippen LogP contribution < -0.4 is 11.5 Å². The molecule has 4 N–H and O–H groups in total. The largest absolute Gasteiger partial charge is 0.330 e. The lowest BCUT2D eigenvalue weighted by atomic mass is 9.90. The molecule has 1 fully saturated rings. The topological polar surface area (TPSA) is 52.0 Å². The molecule has 1 aliphatic rings. The van der Waals surface area contributed by atoms with Crippen LogP contribution in [0.2, 0.25) is 0 Å². The molecule has 2 rings (SSSR count). The van der Waals surface area contributed by atoms with Crippen molar-refractivity contribution in [3.63, 3.8) is 0 Å². The Hall–Kier alpha value is -1.00. The second-order valence-electron chi connectivity index (χ2n) is 4.21. The molecule has 1 aromatic carbocycles. The summed E-state index contributed by atoms with van der Waals surface area (Å²) in [6.07, 6.45) is 1.84. The Morgan fingerprint density at radius 1 is 1.33 bits per heavy atom. The maximum absolute atomic E-state index is 13.4. The molecule has 0 heterocycles. The number of nitrogens with two attached hydrogens (primary N) is 2. The standard InChI is InChI=1S/C11H14F2N2/c12-7-1-2-8(9(13)5-7)10(15)11(6-14)3-4-11/h1-2,5,10H,3-4,6,14-15H2. The smallest absolute Gasteiger partial charge is 0.130 e. The van der Waals surface area contributed by atoms with Crippen molar-refractivity contribution in [1.29, 1.82) is 0 Å². The Labute approximate surface area is 87.3 Å². The van der Waals surface area contributed by atoms with Gasteiger partial charge in [0.1, 0.15) is 11.6 Å². The van der Waals surface area contributed by atoms with E-state index in [0.29, 0.717) is 12.1 Å². The first-order valence-electron chi connectivity index (χ1n) is 5.00. The number of hydrogen-bond acceptors (Lipinski definition) is 2. The van der Waals surface area contributed by atoms with Crippen LogP contribution in [0.1, 0.15) is 24.4 Å². The third kappa shape index (κ3) is 1.75. The molecule has 0 saturated heterocycles. The fourth-order valence-corrected chi connectivity index (χ4v) is 1.89. The van der Waals surface area contributed by atoms with Crippen molar-refractivity contribution in [2.45, 2.75) is 18.9 Å². The van der Waals surface area contributed by atoms with Gasteiger partial charge in [0.15, 0.2) is 0 Å². The summed E-state index contributed by atoms with van der Waals surface area (Å²) in [6.45, 7) is 0.449. The molecule has 0 radical (unpaired) electrons. The molecule has 1 unspecified atom stereocenters. The summed E-state index contributed by atoms with van der Waals surface area (Å²) in [4.78, 5) is 0. The van der Waals surface area contributed by atoms with Crippen LogP contribution in [0.3, 0.4) is 0 Å². The molecule has 0 aromatic heterocycles. The molecule has 1 saturated carbocycles. The SMILES string of the molecule is NCC1(C(N)c2ccc(F)cc2F)CC1. The van der Waals surface area contributed by atoms with Gasteiger partial charge in [0.25, 0.3) is 0 Å². The van der Waals surface area contributed by atoms with Crippen LogP contribution in [0, 0.1) is 17.0 Å². The zero-order chi connectivity index (χ0) is 11.1. The first-order chi connectivity index (χ1) is 7.09. The highest BCUT2D eigenvalue weighted by Crippen LogP contribution is 2.53. The molecule has 0 spiro atoms. The van der Waals surface area contributed by atoms with Crippen molar-refractivity contribution in [3.8, 4) is 0 Å². The van der Waals surface area contributed by atoms with Crippen LogP contribution in [0.15, 0.2) is 18.2 Å². The van der Waals surface area contributed by atoms with E-state index in [-0.39, 0.29) is 5.41 Å². The highest BCUT2D eigenvalue weighted by molar-refractivity contribution is 5.26.